The number of hydrogen-bond acceptors (Lipinski definition) is 5. The average molecular weight is 472 g/mol. The van der Waals surface area contributed by atoms with Crippen LogP contribution in [0.2, 0.25) is 0 Å². The standard InChI is InChI=1S/C26H37N3O3S/c1-2-10-33-24-20(23(30)27-19-6-4-3-5-7-19)8-9-21(29-24)28-22-17-11-16-12-18(22)15-26(13-16,14-17)25(31)32/h8-9,16-19,22H,2-7,10-15H2,1H3,(H,27,30)(H,28,29)(H,31,32)/t16?,17?,18?,22-,26+. The molecule has 3 N–H and O–H groups in total. The predicted octanol–water partition coefficient (Wildman–Crippen LogP) is 5.34. The van der Waals surface area contributed by atoms with Gasteiger partial charge in [0.1, 0.15) is 10.8 Å². The number of pyridine rings is 1. The van der Waals surface area contributed by atoms with Gasteiger partial charge in [-0.15, -0.1) is 11.8 Å². The molecule has 7 heteroatoms. The number of anilines is 1. The largest absolute Gasteiger partial charge is 0.481 e. The number of amides is 1. The van der Waals surface area contributed by atoms with Gasteiger partial charge in [0, 0.05) is 12.1 Å². The third kappa shape index (κ3) is 4.62. The van der Waals surface area contributed by atoms with Crippen LogP contribution in [0.3, 0.4) is 0 Å². The normalized spacial score (nSPS) is 33.1. The van der Waals surface area contributed by atoms with E-state index in [-0.39, 0.29) is 18.0 Å². The summed E-state index contributed by atoms with van der Waals surface area (Å²) in [4.78, 5) is 30.0. The van der Waals surface area contributed by atoms with E-state index in [9.17, 15) is 14.7 Å². The van der Waals surface area contributed by atoms with Gasteiger partial charge in [-0.2, -0.15) is 0 Å². The van der Waals surface area contributed by atoms with Crippen molar-refractivity contribution >= 4 is 29.5 Å². The maximum absolute atomic E-state index is 13.1. The highest BCUT2D eigenvalue weighted by atomic mass is 32.2. The fourth-order valence-corrected chi connectivity index (χ4v) is 8.08. The number of hydrogen-bond donors (Lipinski definition) is 3. The van der Waals surface area contributed by atoms with Gasteiger partial charge in [-0.3, -0.25) is 9.59 Å². The Hall–Kier alpha value is -1.76. The molecule has 0 aliphatic heterocycles. The van der Waals surface area contributed by atoms with Crippen LogP contribution in [0.15, 0.2) is 17.2 Å². The highest BCUT2D eigenvalue weighted by Crippen LogP contribution is 2.60. The number of carbonyl (C=O) groups is 2. The summed E-state index contributed by atoms with van der Waals surface area (Å²) in [7, 11) is 0. The Bertz CT molecular complexity index is 885. The molecule has 1 heterocycles. The second kappa shape index (κ2) is 9.47. The van der Waals surface area contributed by atoms with Crippen LogP contribution in [0, 0.1) is 23.2 Å². The summed E-state index contributed by atoms with van der Waals surface area (Å²) < 4.78 is 0. The van der Waals surface area contributed by atoms with Crippen molar-refractivity contribution in [2.24, 2.45) is 23.2 Å². The molecule has 33 heavy (non-hydrogen) atoms. The highest BCUT2D eigenvalue weighted by molar-refractivity contribution is 7.99. The molecule has 4 bridgehead atoms. The van der Waals surface area contributed by atoms with Gasteiger partial charge in [0.2, 0.25) is 0 Å². The molecule has 1 aromatic heterocycles. The van der Waals surface area contributed by atoms with Crippen molar-refractivity contribution in [3.05, 3.63) is 17.7 Å². The molecule has 0 aromatic carbocycles. The molecule has 5 aliphatic rings. The van der Waals surface area contributed by atoms with E-state index < -0.39 is 11.4 Å². The summed E-state index contributed by atoms with van der Waals surface area (Å²) in [5.74, 6) is 2.52. The van der Waals surface area contributed by atoms with Crippen molar-refractivity contribution in [1.82, 2.24) is 10.3 Å². The first-order valence-electron chi connectivity index (χ1n) is 12.9. The van der Waals surface area contributed by atoms with Gasteiger partial charge in [0.15, 0.2) is 0 Å². The number of carbonyl (C=O) groups excluding carboxylic acids is 1. The molecule has 0 spiro atoms. The van der Waals surface area contributed by atoms with Crippen LogP contribution in [-0.4, -0.2) is 39.8 Å². The third-order valence-electron chi connectivity index (χ3n) is 8.53. The van der Waals surface area contributed by atoms with Crippen molar-refractivity contribution in [1.29, 1.82) is 0 Å². The lowest BCUT2D eigenvalue weighted by Crippen LogP contribution is -2.58. The number of aliphatic carboxylic acids is 1. The van der Waals surface area contributed by atoms with Gasteiger partial charge in [-0.25, -0.2) is 4.98 Å². The first-order chi connectivity index (χ1) is 16.0. The molecule has 5 fully saturated rings. The van der Waals surface area contributed by atoms with Crippen LogP contribution in [0.1, 0.15) is 87.9 Å². The Kier molecular flexibility index (Phi) is 6.60. The zero-order valence-electron chi connectivity index (χ0n) is 19.6. The topological polar surface area (TPSA) is 91.3 Å². The molecular formula is C26H37N3O3S. The third-order valence-corrected chi connectivity index (χ3v) is 9.73. The van der Waals surface area contributed by atoms with Crippen molar-refractivity contribution in [2.75, 3.05) is 11.1 Å². The molecule has 5 saturated carbocycles. The number of aromatic nitrogens is 1. The summed E-state index contributed by atoms with van der Waals surface area (Å²) in [5.41, 5.74) is 0.185. The van der Waals surface area contributed by atoms with E-state index in [2.05, 4.69) is 17.6 Å². The van der Waals surface area contributed by atoms with Crippen LogP contribution in [0.25, 0.3) is 0 Å². The zero-order valence-corrected chi connectivity index (χ0v) is 20.5. The first kappa shape index (κ1) is 23.0. The Labute approximate surface area is 201 Å². The van der Waals surface area contributed by atoms with Gasteiger partial charge in [0.05, 0.1) is 11.0 Å². The van der Waals surface area contributed by atoms with Gasteiger partial charge in [-0.05, 0) is 87.0 Å². The maximum atomic E-state index is 13.1. The van der Waals surface area contributed by atoms with E-state index >= 15 is 0 Å². The first-order valence-corrected chi connectivity index (χ1v) is 13.9. The highest BCUT2D eigenvalue weighted by Gasteiger charge is 2.58. The second-order valence-corrected chi connectivity index (χ2v) is 12.0. The van der Waals surface area contributed by atoms with Crippen molar-refractivity contribution < 1.29 is 14.7 Å². The molecule has 0 radical (unpaired) electrons. The SMILES string of the molecule is CCCSc1nc(N[C@H]2C3CC4CC2C[C@@](C(=O)O)(C4)C3)ccc1C(=O)NC1CCCCC1. The van der Waals surface area contributed by atoms with E-state index in [0.29, 0.717) is 23.3 Å². The molecular weight excluding hydrogens is 434 g/mol. The fraction of sp³-hybridized carbons (Fsp3) is 0.731. The maximum Gasteiger partial charge on any atom is 0.309 e. The van der Waals surface area contributed by atoms with E-state index in [1.54, 1.807) is 11.8 Å². The van der Waals surface area contributed by atoms with Crippen molar-refractivity contribution in [3.8, 4) is 0 Å². The molecule has 2 unspecified atom stereocenters. The number of carboxylic acid groups (broad SMARTS) is 1. The molecule has 6 nitrogen and oxygen atoms in total. The smallest absolute Gasteiger partial charge is 0.309 e. The van der Waals surface area contributed by atoms with Crippen molar-refractivity contribution in [3.63, 3.8) is 0 Å². The minimum atomic E-state index is -0.593. The van der Waals surface area contributed by atoms with Gasteiger partial charge in [-0.1, -0.05) is 26.2 Å². The van der Waals surface area contributed by atoms with Gasteiger partial charge >= 0.3 is 5.97 Å². The van der Waals surface area contributed by atoms with Crippen LogP contribution >= 0.6 is 11.8 Å². The lowest BCUT2D eigenvalue weighted by molar-refractivity contribution is -0.165. The number of rotatable bonds is 8. The lowest BCUT2D eigenvalue weighted by atomic mass is 9.48. The van der Waals surface area contributed by atoms with Crippen molar-refractivity contribution in [2.45, 2.75) is 94.7 Å². The van der Waals surface area contributed by atoms with Gasteiger partial charge < -0.3 is 15.7 Å². The Morgan fingerprint density at radius 3 is 2.52 bits per heavy atom. The Morgan fingerprint density at radius 1 is 1.12 bits per heavy atom. The summed E-state index contributed by atoms with van der Waals surface area (Å²) in [6, 6.07) is 4.44. The summed E-state index contributed by atoms with van der Waals surface area (Å²) in [6.45, 7) is 2.14. The van der Waals surface area contributed by atoms with Gasteiger partial charge in [0.25, 0.3) is 5.91 Å². The molecule has 6 rings (SSSR count). The number of nitrogens with zero attached hydrogens (tertiary/aromatic N) is 1. The summed E-state index contributed by atoms with van der Waals surface area (Å²) >= 11 is 1.66. The second-order valence-electron chi connectivity index (χ2n) is 10.9. The number of carboxylic acids is 1. The Morgan fingerprint density at radius 2 is 1.85 bits per heavy atom. The minimum absolute atomic E-state index is 0.00224. The number of thioether (sulfide) groups is 1. The number of nitrogens with one attached hydrogen (secondary N) is 2. The minimum Gasteiger partial charge on any atom is -0.481 e. The van der Waals surface area contributed by atoms with E-state index in [1.165, 1.54) is 19.3 Å². The van der Waals surface area contributed by atoms with Crippen LogP contribution in [-0.2, 0) is 4.79 Å². The molecule has 180 valence electrons. The quantitative estimate of drug-likeness (QED) is 0.444. The Balaban J connectivity index is 1.32. The molecule has 2 atom stereocenters. The predicted molar refractivity (Wildman–Crippen MR) is 131 cm³/mol. The molecule has 1 aromatic rings. The summed E-state index contributed by atoms with van der Waals surface area (Å²) in [5, 5.41) is 17.6. The van der Waals surface area contributed by atoms with E-state index in [0.717, 1.165) is 68.0 Å². The van der Waals surface area contributed by atoms with Crippen LogP contribution < -0.4 is 10.6 Å². The molecule has 1 amide bonds. The monoisotopic (exact) mass is 471 g/mol. The van der Waals surface area contributed by atoms with Crippen LogP contribution in [0.5, 0.6) is 0 Å². The van der Waals surface area contributed by atoms with Crippen LogP contribution in [0.4, 0.5) is 5.82 Å². The van der Waals surface area contributed by atoms with E-state index in [4.69, 9.17) is 4.98 Å². The average Bonchev–Trinajstić information content (AvgIpc) is 2.80. The molecule has 0 saturated heterocycles. The molecule has 5 aliphatic carbocycles. The lowest BCUT2D eigenvalue weighted by Gasteiger charge is -2.58. The zero-order chi connectivity index (χ0) is 23.0. The summed E-state index contributed by atoms with van der Waals surface area (Å²) in [6.07, 6.45) is 11.5. The van der Waals surface area contributed by atoms with E-state index in [1.807, 2.05) is 12.1 Å². The fourth-order valence-electron chi connectivity index (χ4n) is 7.21.